The Morgan fingerprint density at radius 1 is 1.07 bits per heavy atom. The van der Waals surface area contributed by atoms with E-state index in [0.717, 1.165) is 5.56 Å². The SMILES string of the molecule is COC(=O)CCc1c(C(=O)OCc2ccccc2)[nH]c(C)c1C(C)C(=O)OC. The van der Waals surface area contributed by atoms with Crippen LogP contribution in [0.1, 0.15) is 52.1 Å². The Bertz CT molecular complexity index is 840. The fourth-order valence-electron chi connectivity index (χ4n) is 3.13. The summed E-state index contributed by atoms with van der Waals surface area (Å²) in [5.41, 5.74) is 2.96. The number of carbonyl (C=O) groups excluding carboxylic acids is 3. The minimum atomic E-state index is -0.593. The summed E-state index contributed by atoms with van der Waals surface area (Å²) < 4.78 is 15.0. The lowest BCUT2D eigenvalue weighted by Gasteiger charge is -2.13. The van der Waals surface area contributed by atoms with Crippen LogP contribution in [0.4, 0.5) is 0 Å². The molecule has 2 aromatic rings. The Morgan fingerprint density at radius 2 is 1.75 bits per heavy atom. The molecule has 28 heavy (non-hydrogen) atoms. The number of aromatic nitrogens is 1. The highest BCUT2D eigenvalue weighted by atomic mass is 16.5. The van der Waals surface area contributed by atoms with E-state index in [0.29, 0.717) is 16.8 Å². The third-order valence-corrected chi connectivity index (χ3v) is 4.55. The van der Waals surface area contributed by atoms with Crippen molar-refractivity contribution in [2.24, 2.45) is 0 Å². The predicted molar refractivity (Wildman–Crippen MR) is 102 cm³/mol. The standard InChI is InChI=1S/C21H25NO6/c1-13(20(24)27-4)18-14(2)22-19(16(18)10-11-17(23)26-3)21(25)28-12-15-8-6-5-7-9-15/h5-9,13,22H,10-12H2,1-4H3. The van der Waals surface area contributed by atoms with Gasteiger partial charge in [0, 0.05) is 12.1 Å². The molecule has 0 fully saturated rings. The number of benzene rings is 1. The van der Waals surface area contributed by atoms with Crippen molar-refractivity contribution in [1.29, 1.82) is 0 Å². The fourth-order valence-corrected chi connectivity index (χ4v) is 3.13. The van der Waals surface area contributed by atoms with Gasteiger partial charge >= 0.3 is 17.9 Å². The summed E-state index contributed by atoms with van der Waals surface area (Å²) >= 11 is 0. The van der Waals surface area contributed by atoms with Crippen LogP contribution in [0.5, 0.6) is 0 Å². The van der Waals surface area contributed by atoms with Crippen LogP contribution >= 0.6 is 0 Å². The quantitative estimate of drug-likeness (QED) is 0.553. The molecule has 1 heterocycles. The van der Waals surface area contributed by atoms with Crippen molar-refractivity contribution in [3.63, 3.8) is 0 Å². The summed E-state index contributed by atoms with van der Waals surface area (Å²) in [6, 6.07) is 9.32. The van der Waals surface area contributed by atoms with E-state index >= 15 is 0 Å². The molecule has 7 heteroatoms. The second-order valence-electron chi connectivity index (χ2n) is 6.40. The number of ether oxygens (including phenoxy) is 3. The number of methoxy groups -OCH3 is 2. The lowest BCUT2D eigenvalue weighted by Crippen LogP contribution is -2.15. The average molecular weight is 387 g/mol. The smallest absolute Gasteiger partial charge is 0.355 e. The molecule has 1 unspecified atom stereocenters. The molecule has 1 aromatic heterocycles. The zero-order valence-electron chi connectivity index (χ0n) is 16.5. The van der Waals surface area contributed by atoms with Crippen LogP contribution in [0.3, 0.4) is 0 Å². The molecule has 0 saturated heterocycles. The van der Waals surface area contributed by atoms with Crippen LogP contribution in [-0.2, 0) is 36.8 Å². The Kier molecular flexibility index (Phi) is 7.37. The number of carbonyl (C=O) groups is 3. The molecule has 0 bridgehead atoms. The molecule has 7 nitrogen and oxygen atoms in total. The van der Waals surface area contributed by atoms with Crippen molar-refractivity contribution in [1.82, 2.24) is 4.98 Å². The molecule has 0 amide bonds. The van der Waals surface area contributed by atoms with Gasteiger partial charge in [0.15, 0.2) is 0 Å². The summed E-state index contributed by atoms with van der Waals surface area (Å²) in [5, 5.41) is 0. The van der Waals surface area contributed by atoms with Gasteiger partial charge in [-0.05, 0) is 37.0 Å². The number of esters is 3. The van der Waals surface area contributed by atoms with Crippen molar-refractivity contribution >= 4 is 17.9 Å². The Morgan fingerprint density at radius 3 is 2.36 bits per heavy atom. The minimum absolute atomic E-state index is 0.0770. The van der Waals surface area contributed by atoms with Crippen molar-refractivity contribution in [3.8, 4) is 0 Å². The summed E-state index contributed by atoms with van der Waals surface area (Å²) in [6.45, 7) is 3.59. The fraction of sp³-hybridized carbons (Fsp3) is 0.381. The first kappa shape index (κ1) is 21.2. The Balaban J connectivity index is 2.31. The molecule has 1 atom stereocenters. The van der Waals surface area contributed by atoms with Crippen LogP contribution < -0.4 is 0 Å². The van der Waals surface area contributed by atoms with E-state index in [2.05, 4.69) is 4.98 Å². The monoisotopic (exact) mass is 387 g/mol. The third-order valence-electron chi connectivity index (χ3n) is 4.55. The first-order valence-electron chi connectivity index (χ1n) is 8.96. The van der Waals surface area contributed by atoms with E-state index in [-0.39, 0.29) is 25.1 Å². The summed E-state index contributed by atoms with van der Waals surface area (Å²) in [7, 11) is 2.61. The molecule has 0 aliphatic carbocycles. The second kappa shape index (κ2) is 9.73. The van der Waals surface area contributed by atoms with Crippen LogP contribution in [0, 0.1) is 6.92 Å². The molecule has 1 aromatic carbocycles. The van der Waals surface area contributed by atoms with Gasteiger partial charge in [-0.1, -0.05) is 30.3 Å². The van der Waals surface area contributed by atoms with Crippen molar-refractivity contribution in [2.45, 2.75) is 39.2 Å². The number of aryl methyl sites for hydroxylation is 1. The normalized spacial score (nSPS) is 11.6. The summed E-state index contributed by atoms with van der Waals surface area (Å²) in [4.78, 5) is 39.4. The van der Waals surface area contributed by atoms with Crippen LogP contribution in [-0.4, -0.2) is 37.1 Å². The zero-order valence-corrected chi connectivity index (χ0v) is 16.5. The lowest BCUT2D eigenvalue weighted by atomic mass is 9.93. The molecular formula is C21H25NO6. The maximum absolute atomic E-state index is 12.7. The van der Waals surface area contributed by atoms with Crippen LogP contribution in [0.2, 0.25) is 0 Å². The van der Waals surface area contributed by atoms with E-state index in [9.17, 15) is 14.4 Å². The topological polar surface area (TPSA) is 94.7 Å². The maximum Gasteiger partial charge on any atom is 0.355 e. The van der Waals surface area contributed by atoms with E-state index in [4.69, 9.17) is 14.2 Å². The highest BCUT2D eigenvalue weighted by Gasteiger charge is 2.28. The highest BCUT2D eigenvalue weighted by molar-refractivity contribution is 5.91. The summed E-state index contributed by atoms with van der Waals surface area (Å²) in [5.74, 6) is -1.97. The first-order valence-corrected chi connectivity index (χ1v) is 8.96. The van der Waals surface area contributed by atoms with E-state index in [1.807, 2.05) is 30.3 Å². The molecular weight excluding hydrogens is 362 g/mol. The van der Waals surface area contributed by atoms with E-state index in [1.54, 1.807) is 13.8 Å². The Hall–Kier alpha value is -3.09. The second-order valence-corrected chi connectivity index (χ2v) is 6.40. The number of nitrogens with one attached hydrogen (secondary N) is 1. The molecule has 0 radical (unpaired) electrons. The molecule has 0 saturated carbocycles. The van der Waals surface area contributed by atoms with Gasteiger partial charge in [-0.2, -0.15) is 0 Å². The van der Waals surface area contributed by atoms with Crippen LogP contribution in [0.25, 0.3) is 0 Å². The predicted octanol–water partition coefficient (Wildman–Crippen LogP) is 3.06. The molecule has 150 valence electrons. The van der Waals surface area contributed by atoms with Gasteiger partial charge in [0.2, 0.25) is 0 Å². The van der Waals surface area contributed by atoms with Gasteiger partial charge in [-0.15, -0.1) is 0 Å². The Labute approximate surface area is 164 Å². The van der Waals surface area contributed by atoms with E-state index < -0.39 is 23.8 Å². The number of hydrogen-bond donors (Lipinski definition) is 1. The zero-order chi connectivity index (χ0) is 20.7. The van der Waals surface area contributed by atoms with Crippen molar-refractivity contribution in [2.75, 3.05) is 14.2 Å². The average Bonchev–Trinajstić information content (AvgIpc) is 3.05. The molecule has 0 aliphatic heterocycles. The molecule has 2 rings (SSSR count). The largest absolute Gasteiger partial charge is 0.469 e. The molecule has 0 aliphatic rings. The number of hydrogen-bond acceptors (Lipinski definition) is 6. The van der Waals surface area contributed by atoms with Crippen molar-refractivity contribution < 1.29 is 28.6 Å². The van der Waals surface area contributed by atoms with Crippen LogP contribution in [0.15, 0.2) is 30.3 Å². The van der Waals surface area contributed by atoms with Gasteiger partial charge < -0.3 is 19.2 Å². The van der Waals surface area contributed by atoms with E-state index in [1.165, 1.54) is 14.2 Å². The number of H-pyrrole nitrogens is 1. The number of aromatic amines is 1. The van der Waals surface area contributed by atoms with Gasteiger partial charge in [-0.25, -0.2) is 4.79 Å². The molecule has 1 N–H and O–H groups in total. The lowest BCUT2D eigenvalue weighted by molar-refractivity contribution is -0.142. The highest BCUT2D eigenvalue weighted by Crippen LogP contribution is 2.29. The minimum Gasteiger partial charge on any atom is -0.469 e. The van der Waals surface area contributed by atoms with Gasteiger partial charge in [0.25, 0.3) is 0 Å². The first-order chi connectivity index (χ1) is 13.4. The van der Waals surface area contributed by atoms with Gasteiger partial charge in [0.1, 0.15) is 12.3 Å². The maximum atomic E-state index is 12.7. The number of rotatable bonds is 8. The third kappa shape index (κ3) is 5.00. The van der Waals surface area contributed by atoms with Gasteiger partial charge in [-0.3, -0.25) is 9.59 Å². The van der Waals surface area contributed by atoms with Gasteiger partial charge in [0.05, 0.1) is 20.1 Å². The summed E-state index contributed by atoms with van der Waals surface area (Å²) in [6.07, 6.45) is 0.317. The van der Waals surface area contributed by atoms with Crippen molar-refractivity contribution in [3.05, 3.63) is 58.4 Å². The molecule has 0 spiro atoms.